The number of benzene rings is 9. The lowest BCUT2D eigenvalue weighted by molar-refractivity contribution is 0.694. The quantitative estimate of drug-likeness (QED) is 0.145. The second-order valence-corrected chi connectivity index (χ2v) is 13.1. The summed E-state index contributed by atoms with van der Waals surface area (Å²) in [4.78, 5) is 16.1. The van der Waals surface area contributed by atoms with Crippen molar-refractivity contribution in [3.8, 4) is 22.8 Å². The van der Waals surface area contributed by atoms with Crippen LogP contribution in [0.5, 0.6) is 0 Å². The highest BCUT2D eigenvalue weighted by molar-refractivity contribution is 6.36. The van der Waals surface area contributed by atoms with Crippen LogP contribution in [0.15, 0.2) is 164 Å². The fourth-order valence-electron chi connectivity index (χ4n) is 8.58. The second-order valence-electron chi connectivity index (χ2n) is 13.1. The summed E-state index contributed by atoms with van der Waals surface area (Å²) in [7, 11) is 0. The van der Waals surface area contributed by atoms with Crippen molar-refractivity contribution < 1.29 is 0 Å². The van der Waals surface area contributed by atoms with Crippen LogP contribution in [-0.2, 0) is 5.41 Å². The van der Waals surface area contributed by atoms with Gasteiger partial charge in [-0.3, -0.25) is 0 Å². The molecule has 0 amide bonds. The normalized spacial score (nSPS) is 15.4. The first kappa shape index (κ1) is 26.6. The predicted octanol–water partition coefficient (Wildman–Crippen LogP) is 11.1. The van der Waals surface area contributed by atoms with Gasteiger partial charge in [-0.2, -0.15) is 0 Å². The first-order valence-corrected chi connectivity index (χ1v) is 16.8. The van der Waals surface area contributed by atoms with E-state index >= 15 is 0 Å². The highest BCUT2D eigenvalue weighted by atomic mass is 15.0. The number of hydrogen-bond donors (Lipinski definition) is 0. The lowest BCUT2D eigenvalue weighted by atomic mass is 9.71. The highest BCUT2D eigenvalue weighted by Crippen LogP contribution is 2.58. The van der Waals surface area contributed by atoms with Crippen LogP contribution in [0.1, 0.15) is 22.5 Å². The fraction of sp³-hybridized carbons (Fsp3) is 0.0217. The summed E-state index contributed by atoms with van der Waals surface area (Å²) < 4.78 is 0. The molecule has 0 fully saturated rings. The zero-order valence-electron chi connectivity index (χ0n) is 26.4. The Balaban J connectivity index is 1.32. The van der Waals surface area contributed by atoms with E-state index in [1.807, 2.05) is 18.2 Å². The van der Waals surface area contributed by atoms with E-state index in [4.69, 9.17) is 15.0 Å². The fourth-order valence-corrected chi connectivity index (χ4v) is 8.58. The molecule has 0 saturated carbocycles. The molecule has 0 aliphatic heterocycles. The van der Waals surface area contributed by atoms with E-state index in [0.717, 1.165) is 27.9 Å². The van der Waals surface area contributed by atoms with Crippen LogP contribution < -0.4 is 0 Å². The molecule has 1 aliphatic carbocycles. The number of rotatable bonds is 4. The third-order valence-electron chi connectivity index (χ3n) is 10.7. The minimum atomic E-state index is -0.779. The van der Waals surface area contributed by atoms with Gasteiger partial charge in [-0.05, 0) is 76.6 Å². The maximum absolute atomic E-state index is 5.51. The molecule has 49 heavy (non-hydrogen) atoms. The molecule has 0 radical (unpaired) electrons. The smallest absolute Gasteiger partial charge is 0.163 e. The zero-order chi connectivity index (χ0) is 32.1. The summed E-state index contributed by atoms with van der Waals surface area (Å²) in [6.45, 7) is 0. The molecule has 0 saturated heterocycles. The summed E-state index contributed by atoms with van der Waals surface area (Å²) in [5, 5.41) is 12.6. The van der Waals surface area contributed by atoms with E-state index in [1.165, 1.54) is 59.6 Å². The van der Waals surface area contributed by atoms with Gasteiger partial charge in [0.1, 0.15) is 5.41 Å². The van der Waals surface area contributed by atoms with Crippen LogP contribution in [0.3, 0.4) is 0 Å². The van der Waals surface area contributed by atoms with Crippen molar-refractivity contribution >= 4 is 53.9 Å². The van der Waals surface area contributed by atoms with Crippen molar-refractivity contribution in [2.24, 2.45) is 0 Å². The highest BCUT2D eigenvalue weighted by Gasteiger charge is 2.48. The Labute approximate surface area is 282 Å². The van der Waals surface area contributed by atoms with E-state index < -0.39 is 5.41 Å². The number of hydrogen-bond acceptors (Lipinski definition) is 3. The first-order chi connectivity index (χ1) is 24.3. The molecular weight excluding hydrogens is 595 g/mol. The van der Waals surface area contributed by atoms with E-state index in [0.29, 0.717) is 11.6 Å². The molecule has 1 aliphatic rings. The first-order valence-electron chi connectivity index (χ1n) is 16.8. The Kier molecular flexibility index (Phi) is 5.31. The van der Waals surface area contributed by atoms with Gasteiger partial charge < -0.3 is 0 Å². The summed E-state index contributed by atoms with van der Waals surface area (Å²) in [5.74, 6) is 2.05. The maximum atomic E-state index is 5.51. The lowest BCUT2D eigenvalue weighted by Gasteiger charge is -2.32. The number of nitrogens with zero attached hydrogens (tertiary/aromatic N) is 3. The van der Waals surface area contributed by atoms with Gasteiger partial charge in [0.15, 0.2) is 17.5 Å². The van der Waals surface area contributed by atoms with Crippen molar-refractivity contribution in [1.82, 2.24) is 15.0 Å². The third-order valence-corrected chi connectivity index (χ3v) is 10.7. The molecule has 1 unspecified atom stereocenters. The monoisotopic (exact) mass is 621 g/mol. The van der Waals surface area contributed by atoms with E-state index in [-0.39, 0.29) is 0 Å². The average molecular weight is 622 g/mol. The van der Waals surface area contributed by atoms with E-state index in [9.17, 15) is 0 Å². The van der Waals surface area contributed by atoms with Gasteiger partial charge in [0.05, 0.1) is 0 Å². The molecule has 226 valence electrons. The van der Waals surface area contributed by atoms with Crippen molar-refractivity contribution in [2.45, 2.75) is 5.41 Å². The SMILES string of the molecule is c1ccc(-c2nc(-c3ccc4ccccc4c3)nc(C3(c4ccccc4)c4cccc5c6cccc7ccc8ccc3c(c45)c8c76)n2)cc1. The Morgan fingerprint density at radius 1 is 0.347 bits per heavy atom. The molecule has 0 spiro atoms. The van der Waals surface area contributed by atoms with Gasteiger partial charge in [0.2, 0.25) is 0 Å². The topological polar surface area (TPSA) is 38.7 Å². The predicted molar refractivity (Wildman–Crippen MR) is 201 cm³/mol. The standard InChI is InChI=1S/C46H27N3/c1-3-12-31(13-4-1)43-47-44(33-24-21-28-11-7-8-14-32(28)27-33)49-45(48-43)46(34-16-5-2-6-17-34)37-20-10-19-36-35-18-9-15-29-22-23-30-25-26-38(46)42(41(36)37)40(30)39(29)35/h1-27H. The van der Waals surface area contributed by atoms with Crippen molar-refractivity contribution in [3.63, 3.8) is 0 Å². The van der Waals surface area contributed by atoms with Crippen molar-refractivity contribution in [3.05, 3.63) is 186 Å². The van der Waals surface area contributed by atoms with E-state index in [2.05, 4.69) is 146 Å². The Morgan fingerprint density at radius 3 is 1.76 bits per heavy atom. The summed E-state index contributed by atoms with van der Waals surface area (Å²) in [6, 6.07) is 58.7. The summed E-state index contributed by atoms with van der Waals surface area (Å²) >= 11 is 0. The van der Waals surface area contributed by atoms with Crippen LogP contribution in [0.25, 0.3) is 76.6 Å². The van der Waals surface area contributed by atoms with Crippen LogP contribution in [0, 0.1) is 0 Å². The summed E-state index contributed by atoms with van der Waals surface area (Å²) in [5.41, 5.74) is 4.70. The Hall–Kier alpha value is -6.45. The van der Waals surface area contributed by atoms with Crippen molar-refractivity contribution in [2.75, 3.05) is 0 Å². The van der Waals surface area contributed by atoms with Gasteiger partial charge in [0.25, 0.3) is 0 Å². The molecule has 1 aromatic heterocycles. The number of aromatic nitrogens is 3. The molecule has 3 heteroatoms. The van der Waals surface area contributed by atoms with Crippen molar-refractivity contribution in [1.29, 1.82) is 0 Å². The largest absolute Gasteiger partial charge is 0.211 e. The van der Waals surface area contributed by atoms with Crippen LogP contribution in [0.2, 0.25) is 0 Å². The molecule has 0 bridgehead atoms. The van der Waals surface area contributed by atoms with Gasteiger partial charge in [-0.1, -0.05) is 158 Å². The van der Waals surface area contributed by atoms with Crippen LogP contribution in [-0.4, -0.2) is 15.0 Å². The Bertz CT molecular complexity index is 2930. The molecule has 3 nitrogen and oxygen atoms in total. The zero-order valence-corrected chi connectivity index (χ0v) is 26.4. The molecule has 0 N–H and O–H groups in total. The van der Waals surface area contributed by atoms with Gasteiger partial charge in [-0.25, -0.2) is 15.0 Å². The van der Waals surface area contributed by atoms with Gasteiger partial charge in [0, 0.05) is 11.1 Å². The minimum Gasteiger partial charge on any atom is -0.211 e. The third kappa shape index (κ3) is 3.54. The minimum absolute atomic E-state index is 0.663. The Morgan fingerprint density at radius 2 is 0.939 bits per heavy atom. The van der Waals surface area contributed by atoms with E-state index in [1.54, 1.807) is 0 Å². The van der Waals surface area contributed by atoms with Gasteiger partial charge in [-0.15, -0.1) is 0 Å². The van der Waals surface area contributed by atoms with Crippen LogP contribution >= 0.6 is 0 Å². The molecule has 9 aromatic carbocycles. The van der Waals surface area contributed by atoms with Gasteiger partial charge >= 0.3 is 0 Å². The molecule has 1 atom stereocenters. The second kappa shape index (κ2) is 9.79. The molecule has 1 heterocycles. The lowest BCUT2D eigenvalue weighted by Crippen LogP contribution is -2.32. The maximum Gasteiger partial charge on any atom is 0.163 e. The summed E-state index contributed by atoms with van der Waals surface area (Å²) in [6.07, 6.45) is 0. The molecule has 10 aromatic rings. The molecule has 11 rings (SSSR count). The number of fused-ring (bicyclic) bond motifs is 2. The molecular formula is C46H27N3. The average Bonchev–Trinajstić information content (AvgIpc) is 3.49. The van der Waals surface area contributed by atoms with Crippen LogP contribution in [0.4, 0.5) is 0 Å².